The average molecular weight is 238 g/mol. The van der Waals surface area contributed by atoms with Gasteiger partial charge < -0.3 is 4.90 Å². The van der Waals surface area contributed by atoms with Crippen LogP contribution in [0.3, 0.4) is 0 Å². The lowest BCUT2D eigenvalue weighted by molar-refractivity contribution is 0.274. The number of halogens is 2. The average Bonchev–Trinajstić information content (AvgIpc) is 2.24. The molecule has 2 heterocycles. The van der Waals surface area contributed by atoms with Crippen LogP contribution in [0, 0.1) is 0 Å². The summed E-state index contributed by atoms with van der Waals surface area (Å²) in [7, 11) is 0. The van der Waals surface area contributed by atoms with E-state index < -0.39 is 6.17 Å². The van der Waals surface area contributed by atoms with Crippen molar-refractivity contribution in [2.45, 2.75) is 6.17 Å². The lowest BCUT2D eigenvalue weighted by Gasteiger charge is -2.35. The third-order valence-electron chi connectivity index (χ3n) is 2.69. The number of anilines is 1. The highest BCUT2D eigenvalue weighted by Crippen LogP contribution is 2.28. The molecule has 82 valence electrons. The van der Waals surface area contributed by atoms with Crippen molar-refractivity contribution in [1.29, 1.82) is 0 Å². The Bertz CT molecular complexity index is 540. The number of rotatable bonds is 1. The Labute approximate surface area is 96.9 Å². The molecule has 1 aromatic carbocycles. The van der Waals surface area contributed by atoms with E-state index in [1.807, 2.05) is 29.2 Å². The molecule has 0 bridgehead atoms. The molecule has 1 aliphatic rings. The molecule has 0 atom stereocenters. The Morgan fingerprint density at radius 3 is 2.75 bits per heavy atom. The molecule has 0 amide bonds. The van der Waals surface area contributed by atoms with Crippen molar-refractivity contribution >= 4 is 28.3 Å². The van der Waals surface area contributed by atoms with Crippen LogP contribution in [0.2, 0.25) is 5.28 Å². The molecule has 1 aromatic heterocycles. The molecule has 0 spiro atoms. The first kappa shape index (κ1) is 9.78. The van der Waals surface area contributed by atoms with Gasteiger partial charge in [0.1, 0.15) is 12.0 Å². The Hall–Kier alpha value is -1.42. The lowest BCUT2D eigenvalue weighted by atomic mass is 10.1. The second-order valence-corrected chi connectivity index (χ2v) is 4.17. The van der Waals surface area contributed by atoms with Gasteiger partial charge in [0.25, 0.3) is 0 Å². The van der Waals surface area contributed by atoms with E-state index in [1.165, 1.54) is 0 Å². The Morgan fingerprint density at radius 2 is 2.00 bits per heavy atom. The molecular weight excluding hydrogens is 229 g/mol. The number of fused-ring (bicyclic) bond motifs is 1. The lowest BCUT2D eigenvalue weighted by Crippen LogP contribution is -2.49. The molecule has 3 nitrogen and oxygen atoms in total. The van der Waals surface area contributed by atoms with Gasteiger partial charge in [-0.25, -0.2) is 9.37 Å². The van der Waals surface area contributed by atoms with Gasteiger partial charge >= 0.3 is 0 Å². The molecule has 2 aromatic rings. The first-order valence-corrected chi connectivity index (χ1v) is 5.43. The van der Waals surface area contributed by atoms with E-state index in [0.29, 0.717) is 13.1 Å². The second-order valence-electron chi connectivity index (χ2n) is 3.84. The quantitative estimate of drug-likeness (QED) is 0.714. The van der Waals surface area contributed by atoms with Crippen LogP contribution in [-0.2, 0) is 0 Å². The first-order chi connectivity index (χ1) is 7.74. The summed E-state index contributed by atoms with van der Waals surface area (Å²) in [6.45, 7) is 0.772. The molecule has 16 heavy (non-hydrogen) atoms. The number of alkyl halides is 1. The second kappa shape index (κ2) is 3.56. The van der Waals surface area contributed by atoms with Crippen LogP contribution in [0.4, 0.5) is 10.2 Å². The predicted octanol–water partition coefficient (Wildman–Crippen LogP) is 2.44. The molecule has 0 unspecified atom stereocenters. The minimum atomic E-state index is -0.757. The molecule has 0 N–H and O–H groups in total. The van der Waals surface area contributed by atoms with E-state index in [0.717, 1.165) is 16.7 Å². The maximum Gasteiger partial charge on any atom is 0.224 e. The van der Waals surface area contributed by atoms with Crippen LogP contribution < -0.4 is 4.90 Å². The van der Waals surface area contributed by atoms with Crippen molar-refractivity contribution in [2.24, 2.45) is 0 Å². The van der Waals surface area contributed by atoms with E-state index in [9.17, 15) is 4.39 Å². The van der Waals surface area contributed by atoms with E-state index in [2.05, 4.69) is 9.97 Å². The molecule has 1 aliphatic heterocycles. The zero-order valence-electron chi connectivity index (χ0n) is 8.40. The fourth-order valence-corrected chi connectivity index (χ4v) is 2.04. The van der Waals surface area contributed by atoms with Crippen LogP contribution in [0.1, 0.15) is 0 Å². The summed E-state index contributed by atoms with van der Waals surface area (Å²) >= 11 is 5.84. The predicted molar refractivity (Wildman–Crippen MR) is 61.7 cm³/mol. The van der Waals surface area contributed by atoms with Crippen LogP contribution >= 0.6 is 11.6 Å². The summed E-state index contributed by atoms with van der Waals surface area (Å²) < 4.78 is 12.8. The molecule has 0 radical (unpaired) electrons. The van der Waals surface area contributed by atoms with Gasteiger partial charge in [0.15, 0.2) is 0 Å². The largest absolute Gasteiger partial charge is 0.350 e. The van der Waals surface area contributed by atoms with Crippen LogP contribution in [0.25, 0.3) is 10.9 Å². The monoisotopic (exact) mass is 237 g/mol. The third kappa shape index (κ3) is 1.50. The number of para-hydroxylation sites is 1. The summed E-state index contributed by atoms with van der Waals surface area (Å²) in [5.41, 5.74) is 0.791. The van der Waals surface area contributed by atoms with E-state index in [-0.39, 0.29) is 5.28 Å². The van der Waals surface area contributed by atoms with Gasteiger partial charge in [-0.2, -0.15) is 4.98 Å². The SMILES string of the molecule is FC1CN(c2nc(Cl)nc3ccccc23)C1. The van der Waals surface area contributed by atoms with Crippen LogP contribution in [-0.4, -0.2) is 29.2 Å². The maximum atomic E-state index is 12.8. The standard InChI is InChI=1S/C11H9ClFN3/c12-11-14-9-4-2-1-3-8(9)10(15-11)16-5-7(13)6-16/h1-4,7H,5-6H2. The molecule has 3 rings (SSSR count). The Kier molecular flexibility index (Phi) is 2.17. The summed E-state index contributed by atoms with van der Waals surface area (Å²) in [6, 6.07) is 7.60. The molecule has 1 fully saturated rings. The maximum absolute atomic E-state index is 12.8. The number of hydrogen-bond acceptors (Lipinski definition) is 3. The summed E-state index contributed by atoms with van der Waals surface area (Å²) in [5, 5.41) is 1.12. The van der Waals surface area contributed by atoms with E-state index in [1.54, 1.807) is 0 Å². The van der Waals surface area contributed by atoms with Gasteiger partial charge in [-0.05, 0) is 23.7 Å². The highest BCUT2D eigenvalue weighted by atomic mass is 35.5. The minimum absolute atomic E-state index is 0.205. The van der Waals surface area contributed by atoms with E-state index >= 15 is 0 Å². The fourth-order valence-electron chi connectivity index (χ4n) is 1.87. The third-order valence-corrected chi connectivity index (χ3v) is 2.86. The van der Waals surface area contributed by atoms with Gasteiger partial charge in [0.2, 0.25) is 5.28 Å². The summed E-state index contributed by atoms with van der Waals surface area (Å²) in [4.78, 5) is 10.2. The molecular formula is C11H9ClFN3. The van der Waals surface area contributed by atoms with Crippen molar-refractivity contribution < 1.29 is 4.39 Å². The van der Waals surface area contributed by atoms with Crippen molar-refractivity contribution in [2.75, 3.05) is 18.0 Å². The zero-order chi connectivity index (χ0) is 11.1. The molecule has 0 saturated carbocycles. The van der Waals surface area contributed by atoms with Crippen LogP contribution in [0.5, 0.6) is 0 Å². The van der Waals surface area contributed by atoms with Crippen molar-refractivity contribution in [1.82, 2.24) is 9.97 Å². The minimum Gasteiger partial charge on any atom is -0.350 e. The van der Waals surface area contributed by atoms with E-state index in [4.69, 9.17) is 11.6 Å². The van der Waals surface area contributed by atoms with Gasteiger partial charge in [-0.15, -0.1) is 0 Å². The fraction of sp³-hybridized carbons (Fsp3) is 0.273. The van der Waals surface area contributed by atoms with Gasteiger partial charge in [-0.3, -0.25) is 0 Å². The normalized spacial score (nSPS) is 16.5. The number of benzene rings is 1. The molecule has 0 aliphatic carbocycles. The highest BCUT2D eigenvalue weighted by molar-refractivity contribution is 6.28. The first-order valence-electron chi connectivity index (χ1n) is 5.05. The zero-order valence-corrected chi connectivity index (χ0v) is 9.15. The Balaban J connectivity index is 2.15. The summed E-state index contributed by atoms with van der Waals surface area (Å²) in [6.07, 6.45) is -0.757. The number of nitrogens with zero attached hydrogens (tertiary/aromatic N) is 3. The summed E-state index contributed by atoms with van der Waals surface area (Å²) in [5.74, 6) is 0.726. The topological polar surface area (TPSA) is 29.0 Å². The van der Waals surface area contributed by atoms with Crippen molar-refractivity contribution in [3.05, 3.63) is 29.5 Å². The van der Waals surface area contributed by atoms with Gasteiger partial charge in [0, 0.05) is 5.39 Å². The Morgan fingerprint density at radius 1 is 1.25 bits per heavy atom. The molecule has 5 heteroatoms. The van der Waals surface area contributed by atoms with Crippen molar-refractivity contribution in [3.63, 3.8) is 0 Å². The van der Waals surface area contributed by atoms with Crippen LogP contribution in [0.15, 0.2) is 24.3 Å². The van der Waals surface area contributed by atoms with Gasteiger partial charge in [0.05, 0.1) is 18.6 Å². The molecule has 1 saturated heterocycles. The highest BCUT2D eigenvalue weighted by Gasteiger charge is 2.28. The smallest absolute Gasteiger partial charge is 0.224 e. The number of hydrogen-bond donors (Lipinski definition) is 0. The van der Waals surface area contributed by atoms with Crippen molar-refractivity contribution in [3.8, 4) is 0 Å². The van der Waals surface area contributed by atoms with Gasteiger partial charge in [-0.1, -0.05) is 12.1 Å². The number of aromatic nitrogens is 2.